The largest absolute Gasteiger partial charge is 0.494 e. The van der Waals surface area contributed by atoms with E-state index in [-0.39, 0.29) is 6.61 Å². The van der Waals surface area contributed by atoms with Crippen molar-refractivity contribution in [1.29, 1.82) is 0 Å². The summed E-state index contributed by atoms with van der Waals surface area (Å²) in [5.74, 6) is 0.287. The van der Waals surface area contributed by atoms with Crippen LogP contribution in [0.25, 0.3) is 0 Å². The van der Waals surface area contributed by atoms with Crippen LogP contribution in [-0.4, -0.2) is 25.0 Å². The van der Waals surface area contributed by atoms with E-state index in [1.54, 1.807) is 42.5 Å². The number of rotatable bonds is 6. The topological polar surface area (TPSA) is 76.7 Å². The van der Waals surface area contributed by atoms with Gasteiger partial charge in [0.05, 0.1) is 6.61 Å². The quantitative estimate of drug-likeness (QED) is 0.775. The first kappa shape index (κ1) is 18.6. The molecule has 6 nitrogen and oxygen atoms in total. The Morgan fingerprint density at radius 3 is 2.32 bits per heavy atom. The van der Waals surface area contributed by atoms with Crippen molar-refractivity contribution in [2.75, 3.05) is 13.2 Å². The lowest BCUT2D eigenvalue weighted by Crippen LogP contribution is -2.43. The minimum absolute atomic E-state index is 0.232. The lowest BCUT2D eigenvalue weighted by molar-refractivity contribution is -0.123. The Balaban J connectivity index is 1.78. The molecule has 0 aliphatic rings. The van der Waals surface area contributed by atoms with Crippen LogP contribution in [0.5, 0.6) is 11.5 Å². The summed E-state index contributed by atoms with van der Waals surface area (Å²) in [5.41, 5.74) is 5.87. The van der Waals surface area contributed by atoms with Gasteiger partial charge in [-0.3, -0.25) is 20.4 Å². The van der Waals surface area contributed by atoms with Crippen LogP contribution >= 0.6 is 11.6 Å². The van der Waals surface area contributed by atoms with Gasteiger partial charge in [0, 0.05) is 10.6 Å². The molecule has 0 aromatic heterocycles. The molecule has 0 atom stereocenters. The van der Waals surface area contributed by atoms with Gasteiger partial charge in [0.15, 0.2) is 6.61 Å². The molecule has 2 aromatic rings. The highest BCUT2D eigenvalue weighted by molar-refractivity contribution is 6.31. The van der Waals surface area contributed by atoms with E-state index in [9.17, 15) is 9.59 Å². The van der Waals surface area contributed by atoms with Crippen molar-refractivity contribution in [3.8, 4) is 11.5 Å². The number of carbonyl (C=O) groups is 2. The first-order chi connectivity index (χ1) is 12.0. The Morgan fingerprint density at radius 1 is 1.00 bits per heavy atom. The van der Waals surface area contributed by atoms with Crippen LogP contribution < -0.4 is 20.3 Å². The molecule has 0 bridgehead atoms. The number of amides is 2. The highest BCUT2D eigenvalue weighted by Gasteiger charge is 2.08. The smallest absolute Gasteiger partial charge is 0.276 e. The Kier molecular flexibility index (Phi) is 6.65. The normalized spacial score (nSPS) is 10.0. The molecule has 0 saturated heterocycles. The summed E-state index contributed by atoms with van der Waals surface area (Å²) < 4.78 is 10.6. The van der Waals surface area contributed by atoms with E-state index in [1.165, 1.54) is 0 Å². The predicted octanol–water partition coefficient (Wildman–Crippen LogP) is 2.89. The number of benzene rings is 2. The highest BCUT2D eigenvalue weighted by Crippen LogP contribution is 2.20. The van der Waals surface area contributed by atoms with Gasteiger partial charge in [0.1, 0.15) is 11.5 Å². The molecule has 2 aromatic carbocycles. The van der Waals surface area contributed by atoms with Crippen molar-refractivity contribution in [2.24, 2.45) is 0 Å². The summed E-state index contributed by atoms with van der Waals surface area (Å²) >= 11 is 5.92. The molecule has 2 N–H and O–H groups in total. The summed E-state index contributed by atoms with van der Waals surface area (Å²) in [4.78, 5) is 23.7. The second-order valence-electron chi connectivity index (χ2n) is 5.16. The monoisotopic (exact) mass is 362 g/mol. The predicted molar refractivity (Wildman–Crippen MR) is 94.9 cm³/mol. The molecule has 0 spiro atoms. The molecule has 0 radical (unpaired) electrons. The fourth-order valence-electron chi connectivity index (χ4n) is 1.96. The zero-order valence-corrected chi connectivity index (χ0v) is 14.7. The molecule has 132 valence electrons. The van der Waals surface area contributed by atoms with Crippen molar-refractivity contribution in [2.45, 2.75) is 13.8 Å². The Morgan fingerprint density at radius 2 is 1.68 bits per heavy atom. The number of hydrogen-bond acceptors (Lipinski definition) is 4. The van der Waals surface area contributed by atoms with Crippen molar-refractivity contribution >= 4 is 23.4 Å². The molecule has 0 fully saturated rings. The number of halogens is 1. The number of ether oxygens (including phenoxy) is 2. The van der Waals surface area contributed by atoms with Gasteiger partial charge in [-0.05, 0) is 61.9 Å². The lowest BCUT2D eigenvalue weighted by atomic mass is 10.2. The van der Waals surface area contributed by atoms with E-state index in [0.29, 0.717) is 28.7 Å². The van der Waals surface area contributed by atoms with Gasteiger partial charge >= 0.3 is 0 Å². The van der Waals surface area contributed by atoms with Crippen LogP contribution in [0.1, 0.15) is 22.8 Å². The van der Waals surface area contributed by atoms with Crippen LogP contribution in [0.4, 0.5) is 0 Å². The average Bonchev–Trinajstić information content (AvgIpc) is 2.61. The van der Waals surface area contributed by atoms with Gasteiger partial charge in [-0.1, -0.05) is 11.6 Å². The first-order valence-electron chi connectivity index (χ1n) is 7.70. The maximum Gasteiger partial charge on any atom is 0.276 e. The number of nitrogens with one attached hydrogen (secondary N) is 2. The van der Waals surface area contributed by atoms with Crippen molar-refractivity contribution in [3.05, 3.63) is 58.6 Å². The van der Waals surface area contributed by atoms with Crippen molar-refractivity contribution in [1.82, 2.24) is 10.9 Å². The van der Waals surface area contributed by atoms with Gasteiger partial charge in [-0.2, -0.15) is 0 Å². The zero-order valence-electron chi connectivity index (χ0n) is 14.0. The standard InChI is InChI=1S/C18H19ClN2O4/c1-3-24-14-6-4-13(5-7-14)18(23)21-20-17(22)11-25-15-8-9-16(19)12(2)10-15/h4-10H,3,11H2,1-2H3,(H,20,22)(H,21,23). The molecule has 0 unspecified atom stereocenters. The van der Waals surface area contributed by atoms with Crippen LogP contribution in [-0.2, 0) is 4.79 Å². The second-order valence-corrected chi connectivity index (χ2v) is 5.57. The maximum atomic E-state index is 12.0. The van der Waals surface area contributed by atoms with E-state index in [4.69, 9.17) is 21.1 Å². The van der Waals surface area contributed by atoms with E-state index >= 15 is 0 Å². The molecule has 0 aliphatic heterocycles. The minimum Gasteiger partial charge on any atom is -0.494 e. The third-order valence-corrected chi connectivity index (χ3v) is 3.67. The molecule has 2 rings (SSSR count). The third-order valence-electron chi connectivity index (χ3n) is 3.24. The van der Waals surface area contributed by atoms with Gasteiger partial charge < -0.3 is 9.47 Å². The van der Waals surface area contributed by atoms with Gasteiger partial charge in [0.25, 0.3) is 11.8 Å². The third kappa shape index (κ3) is 5.69. The van der Waals surface area contributed by atoms with E-state index in [0.717, 1.165) is 5.56 Å². The van der Waals surface area contributed by atoms with Crippen LogP contribution in [0.15, 0.2) is 42.5 Å². The highest BCUT2D eigenvalue weighted by atomic mass is 35.5. The molecule has 0 heterocycles. The maximum absolute atomic E-state index is 12.0. The summed E-state index contributed by atoms with van der Waals surface area (Å²) in [5, 5.41) is 0.624. The lowest BCUT2D eigenvalue weighted by Gasteiger charge is -2.10. The summed E-state index contributed by atoms with van der Waals surface area (Å²) in [6, 6.07) is 11.7. The Bertz CT molecular complexity index is 747. The molecule has 7 heteroatoms. The molecule has 25 heavy (non-hydrogen) atoms. The minimum atomic E-state index is -0.480. The number of hydrogen-bond donors (Lipinski definition) is 2. The van der Waals surface area contributed by atoms with Crippen LogP contribution in [0.2, 0.25) is 5.02 Å². The Hall–Kier alpha value is -2.73. The summed E-state index contributed by atoms with van der Waals surface area (Å²) in [6.45, 7) is 4.04. The number of carbonyl (C=O) groups excluding carboxylic acids is 2. The number of hydrazine groups is 1. The molecule has 0 aliphatic carbocycles. The SMILES string of the molecule is CCOc1ccc(C(=O)NNC(=O)COc2ccc(Cl)c(C)c2)cc1. The summed E-state index contributed by atoms with van der Waals surface area (Å²) in [6.07, 6.45) is 0. The first-order valence-corrected chi connectivity index (χ1v) is 8.08. The molecular weight excluding hydrogens is 344 g/mol. The van der Waals surface area contributed by atoms with Crippen molar-refractivity contribution in [3.63, 3.8) is 0 Å². The van der Waals surface area contributed by atoms with Crippen LogP contribution in [0.3, 0.4) is 0 Å². The average molecular weight is 363 g/mol. The fourth-order valence-corrected chi connectivity index (χ4v) is 2.08. The van der Waals surface area contributed by atoms with Gasteiger partial charge in [-0.25, -0.2) is 0 Å². The van der Waals surface area contributed by atoms with Crippen LogP contribution in [0, 0.1) is 6.92 Å². The molecule has 2 amide bonds. The molecule has 0 saturated carbocycles. The van der Waals surface area contributed by atoms with Gasteiger partial charge in [-0.15, -0.1) is 0 Å². The molecular formula is C18H19ClN2O4. The van der Waals surface area contributed by atoms with E-state index in [1.807, 2.05) is 13.8 Å². The van der Waals surface area contributed by atoms with E-state index in [2.05, 4.69) is 10.9 Å². The summed E-state index contributed by atoms with van der Waals surface area (Å²) in [7, 11) is 0. The van der Waals surface area contributed by atoms with Crippen molar-refractivity contribution < 1.29 is 19.1 Å². The fraction of sp³-hybridized carbons (Fsp3) is 0.222. The second kappa shape index (κ2) is 8.94. The Labute approximate surface area is 151 Å². The number of aryl methyl sites for hydroxylation is 1. The zero-order chi connectivity index (χ0) is 18.2. The van der Waals surface area contributed by atoms with E-state index < -0.39 is 11.8 Å². The van der Waals surface area contributed by atoms with Gasteiger partial charge in [0.2, 0.25) is 0 Å².